The molecule has 9 nitrogen and oxygen atoms in total. The maximum Gasteiger partial charge on any atom is 0.270 e. The van der Waals surface area contributed by atoms with Crippen LogP contribution in [0.4, 0.5) is 11.4 Å². The van der Waals surface area contributed by atoms with Crippen LogP contribution in [0.25, 0.3) is 0 Å². The van der Waals surface area contributed by atoms with E-state index in [1.54, 1.807) is 25.3 Å². The third-order valence-electron chi connectivity index (χ3n) is 4.56. The molecule has 0 aliphatic carbocycles. The van der Waals surface area contributed by atoms with Gasteiger partial charge >= 0.3 is 0 Å². The second kappa shape index (κ2) is 8.99. The number of hydrogen-bond donors (Lipinski definition) is 2. The number of non-ortho nitro benzene ring substituents is 1. The van der Waals surface area contributed by atoms with Crippen LogP contribution in [0.5, 0.6) is 0 Å². The number of carbonyl (C=O) groups is 2. The van der Waals surface area contributed by atoms with Gasteiger partial charge in [-0.2, -0.15) is 0 Å². The highest BCUT2D eigenvalue weighted by Gasteiger charge is 2.18. The number of hydrogen-bond acceptors (Lipinski definition) is 5. The van der Waals surface area contributed by atoms with Crippen molar-refractivity contribution in [3.05, 3.63) is 88.0 Å². The Kier molecular flexibility index (Phi) is 6.21. The van der Waals surface area contributed by atoms with E-state index in [-0.39, 0.29) is 11.3 Å². The number of carbonyl (C=O) groups excluding carboxylic acids is 2. The number of amides is 2. The summed E-state index contributed by atoms with van der Waals surface area (Å²) in [4.78, 5) is 39.1. The van der Waals surface area contributed by atoms with Gasteiger partial charge in [-0.15, -0.1) is 0 Å². The zero-order valence-corrected chi connectivity index (χ0v) is 16.5. The molecule has 30 heavy (non-hydrogen) atoms. The van der Waals surface area contributed by atoms with Gasteiger partial charge in [0.15, 0.2) is 0 Å². The van der Waals surface area contributed by atoms with Crippen LogP contribution in [0.2, 0.25) is 0 Å². The van der Waals surface area contributed by atoms with Crippen LogP contribution in [-0.2, 0) is 11.3 Å². The Balaban J connectivity index is 1.57. The maximum atomic E-state index is 12.4. The fourth-order valence-electron chi connectivity index (χ4n) is 2.82. The summed E-state index contributed by atoms with van der Waals surface area (Å²) in [6, 6.07) is 11.9. The summed E-state index contributed by atoms with van der Waals surface area (Å²) < 4.78 is 2.01. The highest BCUT2D eigenvalue weighted by Crippen LogP contribution is 2.14. The molecule has 1 atom stereocenters. The third kappa shape index (κ3) is 5.07. The second-order valence-corrected chi connectivity index (χ2v) is 6.79. The minimum atomic E-state index is -0.829. The number of rotatable bonds is 7. The number of nitro groups is 1. The van der Waals surface area contributed by atoms with E-state index in [9.17, 15) is 19.7 Å². The van der Waals surface area contributed by atoms with Crippen LogP contribution in [0.1, 0.15) is 28.7 Å². The van der Waals surface area contributed by atoms with Crippen molar-refractivity contribution < 1.29 is 14.5 Å². The highest BCUT2D eigenvalue weighted by atomic mass is 16.6. The van der Waals surface area contributed by atoms with Crippen LogP contribution in [0, 0.1) is 17.0 Å². The van der Waals surface area contributed by atoms with Crippen LogP contribution >= 0.6 is 0 Å². The van der Waals surface area contributed by atoms with Crippen LogP contribution < -0.4 is 10.6 Å². The molecule has 2 amide bonds. The van der Waals surface area contributed by atoms with Gasteiger partial charge in [0, 0.05) is 42.3 Å². The molecule has 2 aromatic carbocycles. The zero-order chi connectivity index (χ0) is 21.7. The molecule has 1 unspecified atom stereocenters. The van der Waals surface area contributed by atoms with Gasteiger partial charge in [0.25, 0.3) is 11.6 Å². The molecule has 0 saturated heterocycles. The lowest BCUT2D eigenvalue weighted by Gasteiger charge is -2.14. The fraction of sp³-hybridized carbons (Fsp3) is 0.190. The second-order valence-electron chi connectivity index (χ2n) is 6.79. The minimum Gasteiger partial charge on any atom is -0.341 e. The molecule has 1 heterocycles. The molecule has 1 aromatic heterocycles. The summed E-state index contributed by atoms with van der Waals surface area (Å²) in [5, 5.41) is 16.1. The predicted octanol–water partition coefficient (Wildman–Crippen LogP) is 2.91. The topological polar surface area (TPSA) is 119 Å². The molecular weight excluding hydrogens is 386 g/mol. The standard InChI is InChI=1S/C21H21N5O4/c1-14(23-21(28)17-4-3-5-19(12-17)26(29)30)20(27)24-18-8-6-16(7-9-18)13-25-11-10-22-15(25)2/h3-12,14H,13H2,1-2H3,(H,23,28)(H,24,27). The molecule has 0 aliphatic rings. The van der Waals surface area contributed by atoms with E-state index in [0.717, 1.165) is 11.4 Å². The third-order valence-corrected chi connectivity index (χ3v) is 4.56. The number of aromatic nitrogens is 2. The summed E-state index contributed by atoms with van der Waals surface area (Å²) in [6.07, 6.45) is 3.64. The molecule has 9 heteroatoms. The van der Waals surface area contributed by atoms with Gasteiger partial charge in [-0.25, -0.2) is 4.98 Å². The molecular formula is C21H21N5O4. The van der Waals surface area contributed by atoms with Crippen LogP contribution in [0.15, 0.2) is 60.9 Å². The lowest BCUT2D eigenvalue weighted by molar-refractivity contribution is -0.384. The van der Waals surface area contributed by atoms with Crippen LogP contribution in [-0.4, -0.2) is 32.3 Å². The van der Waals surface area contributed by atoms with Crippen molar-refractivity contribution in [3.63, 3.8) is 0 Å². The molecule has 3 aromatic rings. The Morgan fingerprint density at radius 1 is 1.20 bits per heavy atom. The Morgan fingerprint density at radius 3 is 2.57 bits per heavy atom. The Hall–Kier alpha value is -4.01. The quantitative estimate of drug-likeness (QED) is 0.461. The summed E-state index contributed by atoms with van der Waals surface area (Å²) >= 11 is 0. The smallest absolute Gasteiger partial charge is 0.270 e. The van der Waals surface area contributed by atoms with Gasteiger partial charge in [-0.05, 0) is 37.6 Å². The largest absolute Gasteiger partial charge is 0.341 e. The van der Waals surface area contributed by atoms with E-state index in [0.29, 0.717) is 12.2 Å². The molecule has 0 bridgehead atoms. The number of nitrogens with one attached hydrogen (secondary N) is 2. The first-order valence-corrected chi connectivity index (χ1v) is 9.26. The van der Waals surface area contributed by atoms with E-state index in [4.69, 9.17) is 0 Å². The van der Waals surface area contributed by atoms with Crippen molar-refractivity contribution in [1.29, 1.82) is 0 Å². The molecule has 0 radical (unpaired) electrons. The predicted molar refractivity (Wildman–Crippen MR) is 111 cm³/mol. The Labute approximate surface area is 172 Å². The van der Waals surface area contributed by atoms with Gasteiger partial charge in [-0.3, -0.25) is 19.7 Å². The number of nitro benzene ring substituents is 1. The lowest BCUT2D eigenvalue weighted by atomic mass is 10.1. The molecule has 0 aliphatic heterocycles. The molecule has 2 N–H and O–H groups in total. The molecule has 0 spiro atoms. The van der Waals surface area contributed by atoms with Crippen molar-refractivity contribution in [1.82, 2.24) is 14.9 Å². The molecule has 3 rings (SSSR count). The van der Waals surface area contributed by atoms with E-state index >= 15 is 0 Å². The van der Waals surface area contributed by atoms with E-state index < -0.39 is 22.8 Å². The highest BCUT2D eigenvalue weighted by molar-refractivity contribution is 6.01. The van der Waals surface area contributed by atoms with Crippen molar-refractivity contribution >= 4 is 23.2 Å². The average molecular weight is 407 g/mol. The van der Waals surface area contributed by atoms with Crippen LogP contribution in [0.3, 0.4) is 0 Å². The molecule has 0 fully saturated rings. The first-order valence-electron chi connectivity index (χ1n) is 9.26. The number of benzene rings is 2. The molecule has 154 valence electrons. The molecule has 0 saturated carbocycles. The minimum absolute atomic E-state index is 0.114. The average Bonchev–Trinajstić information content (AvgIpc) is 3.13. The van der Waals surface area contributed by atoms with Crippen molar-refractivity contribution in [3.8, 4) is 0 Å². The Bertz CT molecular complexity index is 1080. The van der Waals surface area contributed by atoms with Crippen molar-refractivity contribution in [2.75, 3.05) is 5.32 Å². The number of anilines is 1. The van der Waals surface area contributed by atoms with Crippen molar-refractivity contribution in [2.45, 2.75) is 26.4 Å². The summed E-state index contributed by atoms with van der Waals surface area (Å²) in [7, 11) is 0. The fourth-order valence-corrected chi connectivity index (χ4v) is 2.82. The normalized spacial score (nSPS) is 11.5. The van der Waals surface area contributed by atoms with Gasteiger partial charge < -0.3 is 15.2 Å². The first kappa shape index (κ1) is 20.7. The lowest BCUT2D eigenvalue weighted by Crippen LogP contribution is -2.41. The van der Waals surface area contributed by atoms with Gasteiger partial charge in [0.1, 0.15) is 11.9 Å². The van der Waals surface area contributed by atoms with E-state index in [2.05, 4.69) is 15.6 Å². The van der Waals surface area contributed by atoms with E-state index in [1.165, 1.54) is 24.3 Å². The first-order chi connectivity index (χ1) is 14.3. The SMILES string of the molecule is Cc1nccn1Cc1ccc(NC(=O)C(C)NC(=O)c2cccc([N+](=O)[O-])c2)cc1. The summed E-state index contributed by atoms with van der Waals surface area (Å²) in [6.45, 7) is 4.15. The monoisotopic (exact) mass is 407 g/mol. The summed E-state index contributed by atoms with van der Waals surface area (Å²) in [5.74, 6) is -0.0416. The van der Waals surface area contributed by atoms with Crippen molar-refractivity contribution in [2.24, 2.45) is 0 Å². The summed E-state index contributed by atoms with van der Waals surface area (Å²) in [5.41, 5.74) is 1.58. The Morgan fingerprint density at radius 2 is 1.93 bits per heavy atom. The number of aryl methyl sites for hydroxylation is 1. The van der Waals surface area contributed by atoms with E-state index in [1.807, 2.05) is 29.8 Å². The van der Waals surface area contributed by atoms with Gasteiger partial charge in [0.2, 0.25) is 5.91 Å². The number of nitrogens with zero attached hydrogens (tertiary/aromatic N) is 3. The number of imidazole rings is 1. The van der Waals surface area contributed by atoms with Gasteiger partial charge in [-0.1, -0.05) is 18.2 Å². The van der Waals surface area contributed by atoms with Gasteiger partial charge in [0.05, 0.1) is 4.92 Å². The zero-order valence-electron chi connectivity index (χ0n) is 16.5. The maximum absolute atomic E-state index is 12.4.